The van der Waals surface area contributed by atoms with Crippen LogP contribution in [0.2, 0.25) is 0 Å². The van der Waals surface area contributed by atoms with Crippen molar-refractivity contribution in [1.29, 1.82) is 0 Å². The van der Waals surface area contributed by atoms with Gasteiger partial charge in [-0.25, -0.2) is 28.6 Å². The number of carbonyl (C=O) groups is 4. The number of aliphatic hydroxyl groups is 2. The highest BCUT2D eigenvalue weighted by atomic mass is 32.2. The van der Waals surface area contributed by atoms with E-state index in [1.54, 1.807) is 25.1 Å². The third-order valence-electron chi connectivity index (χ3n) is 12.7. The molecule has 8 atom stereocenters. The molecule has 2 aromatic heterocycles. The van der Waals surface area contributed by atoms with Crippen molar-refractivity contribution in [2.75, 3.05) is 62.4 Å². The van der Waals surface area contributed by atoms with E-state index in [2.05, 4.69) is 70.6 Å². The number of phosphoric acid groups is 3. The molecule has 2 aromatic carbocycles. The molecule has 2 aliphatic rings. The SMILES string of the molecule is CCOc1cc(CC(=O)N[C@@H](CC(C)C)c2ccccc2N2CCCCC2)ccc1C(=O)SCCNC(=O)CCNC(=O)C(O)C(C)(C)COP(=O)(O)OP(=O)(O)OCC1OC(n2cnc3c(N)ncnc32)C(O)C1OP(=O)(O)O. The van der Waals surface area contributed by atoms with Gasteiger partial charge in [0.2, 0.25) is 22.8 Å². The van der Waals surface area contributed by atoms with Crippen molar-refractivity contribution in [2.24, 2.45) is 11.3 Å². The fourth-order valence-electron chi connectivity index (χ4n) is 8.84. The number of fused-ring (bicyclic) bond motifs is 1. The number of anilines is 2. The van der Waals surface area contributed by atoms with E-state index in [0.717, 1.165) is 72.6 Å². The minimum Gasteiger partial charge on any atom is -0.493 e. The zero-order valence-electron chi connectivity index (χ0n) is 44.7. The zero-order chi connectivity index (χ0) is 58.6. The number of rotatable bonds is 29. The number of nitrogen functional groups attached to an aromatic ring is 1. The molecule has 0 spiro atoms. The molecule has 3 amide bonds. The molecule has 32 heteroatoms. The summed E-state index contributed by atoms with van der Waals surface area (Å²) in [6, 6.07) is 13.1. The molecular formula is C48H70N9O19P3S. The van der Waals surface area contributed by atoms with E-state index in [0.29, 0.717) is 22.8 Å². The fraction of sp³-hybridized carbons (Fsp3) is 0.562. The van der Waals surface area contributed by atoms with Gasteiger partial charge in [-0.1, -0.05) is 63.7 Å². The minimum atomic E-state index is -5.62. The topological polar surface area (TPSA) is 405 Å². The van der Waals surface area contributed by atoms with E-state index in [4.69, 9.17) is 24.3 Å². The number of ether oxygens (including phenoxy) is 2. The van der Waals surface area contributed by atoms with E-state index >= 15 is 0 Å². The van der Waals surface area contributed by atoms with Gasteiger partial charge in [0.15, 0.2) is 17.7 Å². The Morgan fingerprint density at radius 1 is 0.938 bits per heavy atom. The molecule has 28 nitrogen and oxygen atoms in total. The highest BCUT2D eigenvalue weighted by Gasteiger charge is 2.50. The summed E-state index contributed by atoms with van der Waals surface area (Å²) in [6.07, 6.45) is -2.83. The number of hydrogen-bond donors (Lipinski definition) is 10. The van der Waals surface area contributed by atoms with Crippen molar-refractivity contribution in [1.82, 2.24) is 35.5 Å². The Bertz CT molecular complexity index is 2940. The Morgan fingerprint density at radius 3 is 2.35 bits per heavy atom. The summed E-state index contributed by atoms with van der Waals surface area (Å²) in [5.74, 6) is -0.895. The van der Waals surface area contributed by atoms with E-state index in [1.165, 1.54) is 20.3 Å². The fourth-order valence-corrected chi connectivity index (χ4v) is 12.4. The number of aliphatic hydroxyl groups excluding tert-OH is 2. The minimum absolute atomic E-state index is 0.0207. The lowest BCUT2D eigenvalue weighted by Crippen LogP contribution is -2.46. The summed E-state index contributed by atoms with van der Waals surface area (Å²) in [4.78, 5) is 106. The second-order valence-corrected chi connectivity index (χ2v) is 25.3. The van der Waals surface area contributed by atoms with Crippen LogP contribution in [0, 0.1) is 11.3 Å². The van der Waals surface area contributed by atoms with E-state index in [-0.39, 0.29) is 72.3 Å². The molecule has 0 radical (unpaired) electrons. The molecule has 2 fully saturated rings. The third kappa shape index (κ3) is 18.3. The molecule has 6 rings (SSSR count). The lowest BCUT2D eigenvalue weighted by molar-refractivity contribution is -0.137. The highest BCUT2D eigenvalue weighted by Crippen LogP contribution is 2.61. The van der Waals surface area contributed by atoms with Crippen molar-refractivity contribution < 1.29 is 90.0 Å². The number of carbonyl (C=O) groups excluding carboxylic acids is 4. The summed E-state index contributed by atoms with van der Waals surface area (Å²) in [5.41, 5.74) is 7.43. The number of nitrogens with two attached hydrogens (primary N) is 1. The van der Waals surface area contributed by atoms with Gasteiger partial charge in [-0.2, -0.15) is 4.31 Å². The molecule has 11 N–H and O–H groups in total. The number of thioether (sulfide) groups is 1. The number of imidazole rings is 1. The predicted molar refractivity (Wildman–Crippen MR) is 291 cm³/mol. The largest absolute Gasteiger partial charge is 0.493 e. The maximum Gasteiger partial charge on any atom is 0.481 e. The van der Waals surface area contributed by atoms with Gasteiger partial charge in [0.25, 0.3) is 0 Å². The first-order valence-electron chi connectivity index (χ1n) is 25.6. The molecule has 2 saturated heterocycles. The van der Waals surface area contributed by atoms with E-state index in [9.17, 15) is 62.7 Å². The molecule has 4 aromatic rings. The van der Waals surface area contributed by atoms with E-state index < -0.39 is 84.6 Å². The van der Waals surface area contributed by atoms with Crippen molar-refractivity contribution >= 4 is 80.7 Å². The summed E-state index contributed by atoms with van der Waals surface area (Å²) >= 11 is 0.944. The maximum atomic E-state index is 13.6. The van der Waals surface area contributed by atoms with Crippen LogP contribution in [0.4, 0.5) is 11.5 Å². The summed E-state index contributed by atoms with van der Waals surface area (Å²) in [5, 5.41) is 29.7. The Labute approximate surface area is 465 Å². The van der Waals surface area contributed by atoms with Crippen molar-refractivity contribution in [3.05, 3.63) is 71.8 Å². The Balaban J connectivity index is 0.911. The highest BCUT2D eigenvalue weighted by molar-refractivity contribution is 8.14. The Hall–Kier alpha value is -4.93. The second-order valence-electron chi connectivity index (χ2n) is 20.0. The number of amides is 3. The molecule has 4 heterocycles. The molecule has 80 heavy (non-hydrogen) atoms. The first kappa shape index (κ1) is 64.2. The van der Waals surface area contributed by atoms with Gasteiger partial charge in [-0.15, -0.1) is 0 Å². The van der Waals surface area contributed by atoms with Crippen LogP contribution in [-0.4, -0.2) is 148 Å². The van der Waals surface area contributed by atoms with Gasteiger partial charge in [0.05, 0.1) is 44.2 Å². The number of nitrogens with one attached hydrogen (secondary N) is 3. The standard InChI is InChI=1S/C48H70N9O19P3S/c1-6-71-35-23-30(24-38(59)55-33(22-29(2)3)31-12-8-9-13-34(31)56-19-10-7-11-20-56)14-15-32(35)47(63)80-21-18-50-37(58)16-17-51-45(62)42(61)48(4,5)26-73-79(69,70)76-78(67,68)72-25-36-41(75-77(64,65)66)40(60)46(74-36)57-28-54-39-43(49)52-27-53-44(39)57/h8-9,12-15,23,27-29,33,36,40-42,46,60-61H,6-7,10-11,16-22,24-26H2,1-5H3,(H,50,58)(H,51,62)(H,55,59)(H,67,68)(H,69,70)(H2,49,52,53)(H2,64,65,66)/t33-,36?,40?,41?,42?,46?/m0/s1. The molecule has 2 aliphatic heterocycles. The average molecular weight is 1200 g/mol. The van der Waals surface area contributed by atoms with E-state index in [1.807, 2.05) is 12.1 Å². The van der Waals surface area contributed by atoms with Crippen LogP contribution >= 0.6 is 35.2 Å². The molecule has 0 aliphatic carbocycles. The number of benzene rings is 2. The van der Waals surface area contributed by atoms with Gasteiger partial charge in [0, 0.05) is 49.5 Å². The lowest BCUT2D eigenvalue weighted by atomic mass is 9.87. The number of aromatic nitrogens is 4. The number of piperidine rings is 1. The van der Waals surface area contributed by atoms with Gasteiger partial charge in [0.1, 0.15) is 42.0 Å². The third-order valence-corrected chi connectivity index (χ3v) is 16.7. The maximum absolute atomic E-state index is 13.6. The number of hydrogen-bond acceptors (Lipinski definition) is 21. The van der Waals surface area contributed by atoms with Crippen LogP contribution in [-0.2, 0) is 57.1 Å². The van der Waals surface area contributed by atoms with Crippen molar-refractivity contribution in [2.45, 2.75) is 110 Å². The molecule has 0 bridgehead atoms. The summed E-state index contributed by atoms with van der Waals surface area (Å²) in [7, 11) is -16.5. The predicted octanol–water partition coefficient (Wildman–Crippen LogP) is 3.81. The number of nitrogens with zero attached hydrogens (tertiary/aromatic N) is 5. The van der Waals surface area contributed by atoms with Crippen LogP contribution < -0.4 is 31.3 Å². The zero-order valence-corrected chi connectivity index (χ0v) is 48.2. The van der Waals surface area contributed by atoms with Crippen LogP contribution in [0.5, 0.6) is 5.75 Å². The monoisotopic (exact) mass is 1200 g/mol. The molecule has 7 unspecified atom stereocenters. The smallest absolute Gasteiger partial charge is 0.481 e. The summed E-state index contributed by atoms with van der Waals surface area (Å²) in [6.45, 7) is 8.50. The second kappa shape index (κ2) is 28.4. The van der Waals surface area contributed by atoms with Gasteiger partial charge >= 0.3 is 23.5 Å². The lowest BCUT2D eigenvalue weighted by Gasteiger charge is -2.33. The number of para-hydroxylation sites is 1. The Morgan fingerprint density at radius 2 is 1.65 bits per heavy atom. The molecule has 0 saturated carbocycles. The average Bonchev–Trinajstić information content (AvgIpc) is 4.11. The molecular weight excluding hydrogens is 1130 g/mol. The van der Waals surface area contributed by atoms with Gasteiger partial charge < -0.3 is 65.8 Å². The quantitative estimate of drug-likeness (QED) is 0.0273. The van der Waals surface area contributed by atoms with Crippen LogP contribution in [0.3, 0.4) is 0 Å². The Kier molecular flexibility index (Phi) is 22.8. The van der Waals surface area contributed by atoms with Gasteiger partial charge in [-0.05, 0) is 67.9 Å². The van der Waals surface area contributed by atoms with Crippen LogP contribution in [0.15, 0.2) is 55.1 Å². The van der Waals surface area contributed by atoms with Crippen molar-refractivity contribution in [3.63, 3.8) is 0 Å². The normalized spacial score (nSPS) is 20.2. The van der Waals surface area contributed by atoms with Crippen LogP contribution in [0.25, 0.3) is 11.2 Å². The van der Waals surface area contributed by atoms with Gasteiger partial charge in [-0.3, -0.25) is 37.3 Å². The molecule has 442 valence electrons. The van der Waals surface area contributed by atoms with Crippen molar-refractivity contribution in [3.8, 4) is 5.75 Å². The van der Waals surface area contributed by atoms with Crippen LogP contribution in [0.1, 0.15) is 100 Å². The first-order valence-corrected chi connectivity index (χ1v) is 31.1. The first-order chi connectivity index (χ1) is 37.7. The number of phosphoric ester groups is 3. The summed E-state index contributed by atoms with van der Waals surface area (Å²) < 4.78 is 68.6.